The van der Waals surface area contributed by atoms with Crippen LogP contribution in [-0.2, 0) is 10.1 Å². The van der Waals surface area contributed by atoms with E-state index < -0.39 is 16.0 Å². The van der Waals surface area contributed by atoms with E-state index >= 15 is 0 Å². The maximum atomic E-state index is 12.5. The van der Waals surface area contributed by atoms with E-state index in [0.717, 1.165) is 5.56 Å². The summed E-state index contributed by atoms with van der Waals surface area (Å²) in [5.41, 5.74) is 10.5. The van der Waals surface area contributed by atoms with Gasteiger partial charge in [-0.25, -0.2) is 5.43 Å². The summed E-state index contributed by atoms with van der Waals surface area (Å²) < 4.78 is 35.5. The molecule has 1 amide bonds. The monoisotopic (exact) mass is 439 g/mol. The Morgan fingerprint density at radius 1 is 1.00 bits per heavy atom. The van der Waals surface area contributed by atoms with Gasteiger partial charge in [-0.1, -0.05) is 17.7 Å². The third kappa shape index (κ3) is 5.61. The number of carbonyl (C=O) groups excluding carboxylic acids is 1. The number of nitrogens with one attached hydrogen (secondary N) is 1. The molecule has 0 saturated carbocycles. The lowest BCUT2D eigenvalue weighted by Gasteiger charge is -2.11. The standard InChI is InChI=1S/C22H21N3O5S/c1-15-3-10-19(11-4-15)31(27,28)30-20-12-5-16(13-21(20)29-2)14-24-25-22(26)17-6-8-18(23)9-7-17/h3-14H,23H2,1-2H3,(H,25,26)/b24-14-. The minimum absolute atomic E-state index is 0.0335. The highest BCUT2D eigenvalue weighted by Gasteiger charge is 2.19. The Balaban J connectivity index is 1.72. The van der Waals surface area contributed by atoms with Gasteiger partial charge in [-0.2, -0.15) is 13.5 Å². The Morgan fingerprint density at radius 3 is 2.32 bits per heavy atom. The number of nitrogens with two attached hydrogens (primary N) is 1. The van der Waals surface area contributed by atoms with E-state index in [1.165, 1.54) is 31.5 Å². The predicted octanol–water partition coefficient (Wildman–Crippen LogP) is 3.12. The second-order valence-corrected chi connectivity index (χ2v) is 8.13. The summed E-state index contributed by atoms with van der Waals surface area (Å²) in [5, 5.41) is 3.91. The number of rotatable bonds is 7. The van der Waals surface area contributed by atoms with E-state index in [2.05, 4.69) is 10.5 Å². The van der Waals surface area contributed by atoms with Gasteiger partial charge in [-0.3, -0.25) is 4.79 Å². The number of hydrogen-bond donors (Lipinski definition) is 2. The van der Waals surface area contributed by atoms with Crippen LogP contribution in [-0.4, -0.2) is 27.6 Å². The number of hydrazone groups is 1. The second-order valence-electron chi connectivity index (χ2n) is 6.58. The Morgan fingerprint density at radius 2 is 1.68 bits per heavy atom. The summed E-state index contributed by atoms with van der Waals surface area (Å²) in [6.07, 6.45) is 1.40. The van der Waals surface area contributed by atoms with Crippen LogP contribution in [0.5, 0.6) is 11.5 Å². The van der Waals surface area contributed by atoms with Crippen LogP contribution in [0.3, 0.4) is 0 Å². The summed E-state index contributed by atoms with van der Waals surface area (Å²) >= 11 is 0. The molecule has 8 nitrogen and oxygen atoms in total. The first-order chi connectivity index (χ1) is 14.8. The topological polar surface area (TPSA) is 120 Å². The van der Waals surface area contributed by atoms with Gasteiger partial charge in [0, 0.05) is 11.3 Å². The number of nitrogens with zero attached hydrogens (tertiary/aromatic N) is 1. The fourth-order valence-corrected chi connectivity index (χ4v) is 3.51. The zero-order valence-corrected chi connectivity index (χ0v) is 17.7. The molecule has 0 heterocycles. The van der Waals surface area contributed by atoms with Crippen LogP contribution in [0.1, 0.15) is 21.5 Å². The van der Waals surface area contributed by atoms with Crippen LogP contribution in [0.4, 0.5) is 5.69 Å². The summed E-state index contributed by atoms with van der Waals surface area (Å²) in [7, 11) is -2.62. The van der Waals surface area contributed by atoms with E-state index in [1.807, 2.05) is 6.92 Å². The molecule has 0 atom stereocenters. The predicted molar refractivity (Wildman–Crippen MR) is 118 cm³/mol. The second kappa shape index (κ2) is 9.31. The van der Waals surface area contributed by atoms with Crippen molar-refractivity contribution in [3.8, 4) is 11.5 Å². The molecule has 0 aliphatic rings. The van der Waals surface area contributed by atoms with E-state index in [-0.39, 0.29) is 16.4 Å². The zero-order chi connectivity index (χ0) is 22.4. The largest absolute Gasteiger partial charge is 0.493 e. The Bertz CT molecular complexity index is 1200. The molecule has 0 fully saturated rings. The fourth-order valence-electron chi connectivity index (χ4n) is 2.57. The minimum atomic E-state index is -4.02. The zero-order valence-electron chi connectivity index (χ0n) is 16.9. The van der Waals surface area contributed by atoms with Gasteiger partial charge in [0.25, 0.3) is 5.91 Å². The Kier molecular flexibility index (Phi) is 6.56. The van der Waals surface area contributed by atoms with Crippen molar-refractivity contribution in [2.45, 2.75) is 11.8 Å². The smallest absolute Gasteiger partial charge is 0.339 e. The van der Waals surface area contributed by atoms with Crippen molar-refractivity contribution in [3.63, 3.8) is 0 Å². The quantitative estimate of drug-likeness (QED) is 0.253. The van der Waals surface area contributed by atoms with Gasteiger partial charge >= 0.3 is 10.1 Å². The first-order valence-corrected chi connectivity index (χ1v) is 10.6. The van der Waals surface area contributed by atoms with Crippen LogP contribution < -0.4 is 20.1 Å². The van der Waals surface area contributed by atoms with Gasteiger partial charge in [-0.15, -0.1) is 0 Å². The van der Waals surface area contributed by atoms with Crippen molar-refractivity contribution in [1.29, 1.82) is 0 Å². The van der Waals surface area contributed by atoms with Gasteiger partial charge in [0.15, 0.2) is 11.5 Å². The first kappa shape index (κ1) is 21.8. The Hall–Kier alpha value is -3.85. The number of anilines is 1. The lowest BCUT2D eigenvalue weighted by Crippen LogP contribution is -2.17. The van der Waals surface area contributed by atoms with E-state index in [1.54, 1.807) is 48.5 Å². The van der Waals surface area contributed by atoms with Crippen LogP contribution >= 0.6 is 0 Å². The number of amides is 1. The van der Waals surface area contributed by atoms with Crippen LogP contribution in [0.25, 0.3) is 0 Å². The van der Waals surface area contributed by atoms with Gasteiger partial charge in [0.05, 0.1) is 13.3 Å². The van der Waals surface area contributed by atoms with Gasteiger partial charge in [0.2, 0.25) is 0 Å². The molecular formula is C22H21N3O5S. The number of hydrogen-bond acceptors (Lipinski definition) is 7. The van der Waals surface area contributed by atoms with E-state index in [0.29, 0.717) is 16.8 Å². The lowest BCUT2D eigenvalue weighted by molar-refractivity contribution is 0.0955. The molecule has 160 valence electrons. The maximum Gasteiger partial charge on any atom is 0.339 e. The van der Waals surface area contributed by atoms with E-state index in [9.17, 15) is 13.2 Å². The number of aryl methyl sites for hydroxylation is 1. The molecular weight excluding hydrogens is 418 g/mol. The van der Waals surface area contributed by atoms with Crippen molar-refractivity contribution in [3.05, 3.63) is 83.4 Å². The highest BCUT2D eigenvalue weighted by Crippen LogP contribution is 2.30. The molecule has 9 heteroatoms. The summed E-state index contributed by atoms with van der Waals surface area (Å²) in [4.78, 5) is 12.1. The molecule has 0 spiro atoms. The Labute approximate surface area is 180 Å². The molecule has 3 aromatic rings. The van der Waals surface area contributed by atoms with Crippen LogP contribution in [0.2, 0.25) is 0 Å². The third-order valence-corrected chi connectivity index (χ3v) is 5.50. The fraction of sp³-hybridized carbons (Fsp3) is 0.0909. The van der Waals surface area contributed by atoms with Crippen molar-refractivity contribution in [1.82, 2.24) is 5.43 Å². The number of carbonyl (C=O) groups is 1. The summed E-state index contributed by atoms with van der Waals surface area (Å²) in [6, 6.07) is 17.3. The van der Waals surface area contributed by atoms with Crippen molar-refractivity contribution in [2.24, 2.45) is 5.10 Å². The molecule has 3 aromatic carbocycles. The van der Waals surface area contributed by atoms with E-state index in [4.69, 9.17) is 14.7 Å². The molecule has 0 bridgehead atoms. The van der Waals surface area contributed by atoms with Crippen LogP contribution in [0, 0.1) is 6.92 Å². The lowest BCUT2D eigenvalue weighted by atomic mass is 10.2. The normalized spacial score (nSPS) is 11.3. The molecule has 0 aliphatic carbocycles. The van der Waals surface area contributed by atoms with Gasteiger partial charge in [0.1, 0.15) is 4.90 Å². The van der Waals surface area contributed by atoms with Crippen molar-refractivity contribution >= 4 is 27.9 Å². The third-order valence-electron chi connectivity index (χ3n) is 4.25. The molecule has 3 rings (SSSR count). The average Bonchev–Trinajstić information content (AvgIpc) is 2.75. The molecule has 0 saturated heterocycles. The van der Waals surface area contributed by atoms with Crippen molar-refractivity contribution in [2.75, 3.05) is 12.8 Å². The summed E-state index contributed by atoms with van der Waals surface area (Å²) in [6.45, 7) is 1.86. The van der Waals surface area contributed by atoms with Gasteiger partial charge in [-0.05, 0) is 67.1 Å². The average molecular weight is 439 g/mol. The number of benzene rings is 3. The van der Waals surface area contributed by atoms with Gasteiger partial charge < -0.3 is 14.7 Å². The highest BCUT2D eigenvalue weighted by molar-refractivity contribution is 7.87. The number of ether oxygens (including phenoxy) is 1. The molecule has 0 aliphatic heterocycles. The maximum absolute atomic E-state index is 12.5. The SMILES string of the molecule is COc1cc(/C=N\NC(=O)c2ccc(N)cc2)ccc1OS(=O)(=O)c1ccc(C)cc1. The highest BCUT2D eigenvalue weighted by atomic mass is 32.2. The van der Waals surface area contributed by atoms with Crippen LogP contribution in [0.15, 0.2) is 76.7 Å². The molecule has 3 N–H and O–H groups in total. The molecule has 31 heavy (non-hydrogen) atoms. The number of methoxy groups -OCH3 is 1. The van der Waals surface area contributed by atoms with Crippen molar-refractivity contribution < 1.29 is 22.1 Å². The molecule has 0 radical (unpaired) electrons. The molecule has 0 unspecified atom stereocenters. The first-order valence-electron chi connectivity index (χ1n) is 9.16. The number of nitrogen functional groups attached to an aromatic ring is 1. The summed E-state index contributed by atoms with van der Waals surface area (Å²) in [5.74, 6) is -0.164. The molecule has 0 aromatic heterocycles. The minimum Gasteiger partial charge on any atom is -0.493 e.